The lowest BCUT2D eigenvalue weighted by Gasteiger charge is -2.30. The number of carbonyl (C=O) groups excluding carboxylic acids is 2. The summed E-state index contributed by atoms with van der Waals surface area (Å²) in [4.78, 5) is 30.9. The van der Waals surface area contributed by atoms with E-state index in [4.69, 9.17) is 16.0 Å². The number of anilines is 1. The molecule has 0 spiro atoms. The molecule has 1 N–H and O–H groups in total. The van der Waals surface area contributed by atoms with Gasteiger partial charge in [-0.25, -0.2) is 0 Å². The van der Waals surface area contributed by atoms with E-state index in [1.165, 1.54) is 11.2 Å². The second-order valence-corrected chi connectivity index (χ2v) is 6.74. The molecule has 0 aliphatic carbocycles. The van der Waals surface area contributed by atoms with Gasteiger partial charge in [0.15, 0.2) is 0 Å². The van der Waals surface area contributed by atoms with E-state index >= 15 is 0 Å². The Morgan fingerprint density at radius 1 is 1.19 bits per heavy atom. The minimum absolute atomic E-state index is 0.0898. The smallest absolute Gasteiger partial charge is 0.301 e. The number of benzene rings is 2. The molecule has 1 aromatic heterocycles. The molecular formula is C20H16ClN3O3. The minimum Gasteiger partial charge on any atom is -0.431 e. The van der Waals surface area contributed by atoms with Crippen LogP contribution in [0.5, 0.6) is 0 Å². The van der Waals surface area contributed by atoms with Gasteiger partial charge in [-0.15, -0.1) is 0 Å². The van der Waals surface area contributed by atoms with Crippen LogP contribution in [0.3, 0.4) is 0 Å². The van der Waals surface area contributed by atoms with Crippen LogP contribution in [-0.2, 0) is 4.79 Å². The highest BCUT2D eigenvalue weighted by atomic mass is 35.5. The van der Waals surface area contributed by atoms with E-state index in [0.29, 0.717) is 28.4 Å². The van der Waals surface area contributed by atoms with Crippen LogP contribution in [0.1, 0.15) is 21.8 Å². The van der Waals surface area contributed by atoms with Crippen molar-refractivity contribution in [1.82, 2.24) is 9.88 Å². The average Bonchev–Trinajstić information content (AvgIpc) is 3.13. The first kappa shape index (κ1) is 17.3. The molecule has 3 aromatic rings. The maximum atomic E-state index is 12.8. The standard InChI is InChI=1S/C20H16ClN3O3/c1-24-10-15(12-6-2-3-7-13(12)19(24)26)18(25)23-20-22-17(11-27-20)14-8-4-5-9-16(14)21/h2-9,11,15H,10H2,1H3,(H,22,23,25). The number of halogens is 1. The Hall–Kier alpha value is -3.12. The van der Waals surface area contributed by atoms with E-state index in [2.05, 4.69) is 10.3 Å². The maximum absolute atomic E-state index is 12.8. The Balaban J connectivity index is 1.58. The lowest BCUT2D eigenvalue weighted by Crippen LogP contribution is -2.41. The molecule has 2 amide bonds. The predicted octanol–water partition coefficient (Wildman–Crippen LogP) is 3.80. The molecule has 7 heteroatoms. The number of amides is 2. The molecule has 2 heterocycles. The van der Waals surface area contributed by atoms with Crippen LogP contribution >= 0.6 is 11.6 Å². The number of hydrogen-bond acceptors (Lipinski definition) is 4. The molecule has 4 rings (SSSR count). The number of fused-ring (bicyclic) bond motifs is 1. The van der Waals surface area contributed by atoms with E-state index in [0.717, 1.165) is 5.56 Å². The van der Waals surface area contributed by atoms with Gasteiger partial charge in [0.1, 0.15) is 12.0 Å². The van der Waals surface area contributed by atoms with Crippen molar-refractivity contribution in [2.45, 2.75) is 5.92 Å². The highest BCUT2D eigenvalue weighted by Gasteiger charge is 2.33. The summed E-state index contributed by atoms with van der Waals surface area (Å²) < 4.78 is 5.39. The first-order valence-corrected chi connectivity index (χ1v) is 8.78. The normalized spacial score (nSPS) is 16.1. The number of carbonyl (C=O) groups is 2. The Labute approximate surface area is 160 Å². The third kappa shape index (κ3) is 3.19. The number of likely N-dealkylation sites (N-methyl/N-ethyl adjacent to an activating group) is 1. The van der Waals surface area contributed by atoms with Crippen molar-refractivity contribution in [2.75, 3.05) is 18.9 Å². The van der Waals surface area contributed by atoms with Gasteiger partial charge in [-0.2, -0.15) is 4.98 Å². The molecule has 2 aromatic carbocycles. The molecule has 1 aliphatic heterocycles. The van der Waals surface area contributed by atoms with Crippen molar-refractivity contribution in [3.05, 3.63) is 70.9 Å². The summed E-state index contributed by atoms with van der Waals surface area (Å²) in [7, 11) is 1.68. The van der Waals surface area contributed by atoms with Crippen LogP contribution in [0, 0.1) is 0 Å². The zero-order valence-electron chi connectivity index (χ0n) is 14.5. The van der Waals surface area contributed by atoms with Crippen LogP contribution in [-0.4, -0.2) is 35.3 Å². The van der Waals surface area contributed by atoms with E-state index in [9.17, 15) is 9.59 Å². The van der Waals surface area contributed by atoms with Crippen molar-refractivity contribution in [1.29, 1.82) is 0 Å². The first-order valence-electron chi connectivity index (χ1n) is 8.40. The fourth-order valence-corrected chi connectivity index (χ4v) is 3.43. The van der Waals surface area contributed by atoms with E-state index < -0.39 is 5.92 Å². The molecule has 0 saturated heterocycles. The monoisotopic (exact) mass is 381 g/mol. The SMILES string of the molecule is CN1CC(C(=O)Nc2nc(-c3ccccc3Cl)co2)c2ccccc2C1=O. The third-order valence-electron chi connectivity index (χ3n) is 4.57. The number of oxazole rings is 1. The van der Waals surface area contributed by atoms with Gasteiger partial charge >= 0.3 is 6.01 Å². The van der Waals surface area contributed by atoms with E-state index in [1.807, 2.05) is 24.3 Å². The van der Waals surface area contributed by atoms with Gasteiger partial charge in [0.2, 0.25) is 5.91 Å². The van der Waals surface area contributed by atoms with Crippen LogP contribution in [0.4, 0.5) is 6.01 Å². The second kappa shape index (κ2) is 6.89. The molecule has 1 unspecified atom stereocenters. The van der Waals surface area contributed by atoms with Gasteiger partial charge in [-0.3, -0.25) is 14.9 Å². The zero-order chi connectivity index (χ0) is 19.0. The summed E-state index contributed by atoms with van der Waals surface area (Å²) in [6.07, 6.45) is 1.45. The molecule has 6 nitrogen and oxygen atoms in total. The minimum atomic E-state index is -0.500. The summed E-state index contributed by atoms with van der Waals surface area (Å²) in [5, 5.41) is 3.25. The molecular weight excluding hydrogens is 366 g/mol. The number of aromatic nitrogens is 1. The molecule has 27 heavy (non-hydrogen) atoms. The highest BCUT2D eigenvalue weighted by Crippen LogP contribution is 2.30. The Morgan fingerprint density at radius 2 is 1.89 bits per heavy atom. The molecule has 0 fully saturated rings. The van der Waals surface area contributed by atoms with Crippen LogP contribution < -0.4 is 5.32 Å². The van der Waals surface area contributed by atoms with E-state index in [1.54, 1.807) is 31.3 Å². The van der Waals surface area contributed by atoms with Crippen molar-refractivity contribution in [3.8, 4) is 11.3 Å². The van der Waals surface area contributed by atoms with Crippen LogP contribution in [0.15, 0.2) is 59.2 Å². The fraction of sp³-hybridized carbons (Fsp3) is 0.150. The summed E-state index contributed by atoms with van der Waals surface area (Å²) >= 11 is 6.17. The van der Waals surface area contributed by atoms with Crippen molar-refractivity contribution >= 4 is 29.4 Å². The Kier molecular flexibility index (Phi) is 4.41. The molecule has 136 valence electrons. The number of nitrogens with one attached hydrogen (secondary N) is 1. The lowest BCUT2D eigenvalue weighted by molar-refractivity contribution is -0.118. The van der Waals surface area contributed by atoms with Gasteiger partial charge in [0.05, 0.1) is 10.9 Å². The summed E-state index contributed by atoms with van der Waals surface area (Å²) in [5.41, 5.74) is 2.50. The Bertz CT molecular complexity index is 1030. The molecule has 0 radical (unpaired) electrons. The Morgan fingerprint density at radius 3 is 2.67 bits per heavy atom. The molecule has 0 bridgehead atoms. The number of hydrogen-bond donors (Lipinski definition) is 1. The quantitative estimate of drug-likeness (QED) is 0.748. The van der Waals surface area contributed by atoms with Crippen LogP contribution in [0.25, 0.3) is 11.3 Å². The van der Waals surface area contributed by atoms with Gasteiger partial charge < -0.3 is 9.32 Å². The van der Waals surface area contributed by atoms with Crippen molar-refractivity contribution in [2.24, 2.45) is 0 Å². The average molecular weight is 382 g/mol. The second-order valence-electron chi connectivity index (χ2n) is 6.33. The fourth-order valence-electron chi connectivity index (χ4n) is 3.20. The highest BCUT2D eigenvalue weighted by molar-refractivity contribution is 6.33. The molecule has 1 atom stereocenters. The molecule has 1 aliphatic rings. The predicted molar refractivity (Wildman–Crippen MR) is 102 cm³/mol. The summed E-state index contributed by atoms with van der Waals surface area (Å²) in [6, 6.07) is 14.5. The van der Waals surface area contributed by atoms with Gasteiger partial charge in [-0.1, -0.05) is 48.0 Å². The van der Waals surface area contributed by atoms with E-state index in [-0.39, 0.29) is 17.8 Å². The number of rotatable bonds is 3. The summed E-state index contributed by atoms with van der Waals surface area (Å²) in [6.45, 7) is 0.291. The van der Waals surface area contributed by atoms with Gasteiger partial charge in [0, 0.05) is 24.7 Å². The van der Waals surface area contributed by atoms with Gasteiger partial charge in [0.25, 0.3) is 5.91 Å². The third-order valence-corrected chi connectivity index (χ3v) is 4.90. The lowest BCUT2D eigenvalue weighted by atomic mass is 9.89. The maximum Gasteiger partial charge on any atom is 0.301 e. The van der Waals surface area contributed by atoms with Crippen molar-refractivity contribution in [3.63, 3.8) is 0 Å². The van der Waals surface area contributed by atoms with Gasteiger partial charge in [-0.05, 0) is 17.7 Å². The zero-order valence-corrected chi connectivity index (χ0v) is 15.2. The van der Waals surface area contributed by atoms with Crippen LogP contribution in [0.2, 0.25) is 5.02 Å². The first-order chi connectivity index (χ1) is 13.0. The molecule has 0 saturated carbocycles. The van der Waals surface area contributed by atoms with Crippen molar-refractivity contribution < 1.29 is 14.0 Å². The largest absolute Gasteiger partial charge is 0.431 e. The summed E-state index contributed by atoms with van der Waals surface area (Å²) in [5.74, 6) is -0.874. The number of nitrogens with zero attached hydrogens (tertiary/aromatic N) is 2. The topological polar surface area (TPSA) is 75.4 Å².